The molecule has 1 fully saturated rings. The lowest BCUT2D eigenvalue weighted by atomic mass is 10.0. The Labute approximate surface area is 161 Å². The maximum atomic E-state index is 13.1. The van der Waals surface area contributed by atoms with Crippen molar-refractivity contribution in [2.45, 2.75) is 64.8 Å². The number of carbonyl (C=O) groups excluding carboxylic acids is 1. The molecule has 1 atom stereocenters. The van der Waals surface area contributed by atoms with Gasteiger partial charge in [-0.2, -0.15) is 0 Å². The standard InChI is InChI=1S/C20H28N2O4S/c1-6-13(3)21-27(24,25)19-14(4)12(2)11-16-15(5)17(26-18(16)19)20(23)22-9-7-8-10-22/h11,13,21H,6-10H2,1-5H3/t13-/m1/s1. The van der Waals surface area contributed by atoms with E-state index in [0.29, 0.717) is 36.0 Å². The van der Waals surface area contributed by atoms with Crippen LogP contribution in [0.4, 0.5) is 0 Å². The van der Waals surface area contributed by atoms with Crippen molar-refractivity contribution in [3.63, 3.8) is 0 Å². The fraction of sp³-hybridized carbons (Fsp3) is 0.550. The largest absolute Gasteiger partial charge is 0.449 e. The zero-order chi connectivity index (χ0) is 19.9. The van der Waals surface area contributed by atoms with Gasteiger partial charge in [0.2, 0.25) is 10.0 Å². The van der Waals surface area contributed by atoms with E-state index in [4.69, 9.17) is 4.42 Å². The van der Waals surface area contributed by atoms with Crippen LogP contribution in [0.3, 0.4) is 0 Å². The van der Waals surface area contributed by atoms with Gasteiger partial charge in [0, 0.05) is 30.1 Å². The number of hydrogen-bond acceptors (Lipinski definition) is 4. The molecule has 1 aromatic carbocycles. The van der Waals surface area contributed by atoms with Crippen LogP contribution < -0.4 is 4.72 Å². The van der Waals surface area contributed by atoms with E-state index in [9.17, 15) is 13.2 Å². The quantitative estimate of drug-likeness (QED) is 0.842. The number of benzene rings is 1. The first kappa shape index (κ1) is 19.9. The van der Waals surface area contributed by atoms with Crippen LogP contribution in [-0.4, -0.2) is 38.4 Å². The molecule has 0 radical (unpaired) electrons. The Kier molecular flexibility index (Phi) is 5.36. The molecule has 1 saturated heterocycles. The van der Waals surface area contributed by atoms with Crippen molar-refractivity contribution in [3.8, 4) is 0 Å². The summed E-state index contributed by atoms with van der Waals surface area (Å²) in [5.41, 5.74) is 2.47. The number of sulfonamides is 1. The average Bonchev–Trinajstić information content (AvgIpc) is 3.24. The Hall–Kier alpha value is -1.86. The Balaban J connectivity index is 2.20. The predicted octanol–water partition coefficient (Wildman–Crippen LogP) is 3.67. The van der Waals surface area contributed by atoms with Crippen LogP contribution in [0.1, 0.15) is 60.4 Å². The fourth-order valence-corrected chi connectivity index (χ4v) is 5.32. The molecule has 1 aliphatic heterocycles. The number of amides is 1. The SMILES string of the molecule is CC[C@@H](C)NS(=O)(=O)c1c(C)c(C)cc2c(C)c(C(=O)N3CCCC3)oc12. The number of aryl methyl sites for hydroxylation is 2. The van der Waals surface area contributed by atoms with Crippen LogP contribution in [0, 0.1) is 20.8 Å². The van der Waals surface area contributed by atoms with Crippen LogP contribution >= 0.6 is 0 Å². The molecule has 0 bridgehead atoms. The van der Waals surface area contributed by atoms with Gasteiger partial charge in [-0.1, -0.05) is 6.92 Å². The number of nitrogens with one attached hydrogen (secondary N) is 1. The lowest BCUT2D eigenvalue weighted by Crippen LogP contribution is -2.32. The number of likely N-dealkylation sites (tertiary alicyclic amines) is 1. The van der Waals surface area contributed by atoms with E-state index in [0.717, 1.165) is 18.4 Å². The highest BCUT2D eigenvalue weighted by atomic mass is 32.2. The van der Waals surface area contributed by atoms with Crippen LogP contribution in [0.2, 0.25) is 0 Å². The molecule has 1 N–H and O–H groups in total. The second-order valence-electron chi connectivity index (χ2n) is 7.51. The Bertz CT molecular complexity index is 985. The molecular formula is C20H28N2O4S. The van der Waals surface area contributed by atoms with Gasteiger partial charge in [0.15, 0.2) is 11.3 Å². The Morgan fingerprint density at radius 2 is 1.85 bits per heavy atom. The van der Waals surface area contributed by atoms with Crippen LogP contribution in [-0.2, 0) is 10.0 Å². The average molecular weight is 393 g/mol. The van der Waals surface area contributed by atoms with Gasteiger partial charge in [-0.25, -0.2) is 13.1 Å². The number of carbonyl (C=O) groups is 1. The molecule has 1 amide bonds. The molecule has 0 saturated carbocycles. The van der Waals surface area contributed by atoms with E-state index in [2.05, 4.69) is 4.72 Å². The van der Waals surface area contributed by atoms with Gasteiger partial charge in [0.1, 0.15) is 4.90 Å². The van der Waals surface area contributed by atoms with Crippen molar-refractivity contribution in [1.29, 1.82) is 0 Å². The van der Waals surface area contributed by atoms with Crippen molar-refractivity contribution in [3.05, 3.63) is 28.5 Å². The summed E-state index contributed by atoms with van der Waals surface area (Å²) in [5.74, 6) is 0.0895. The molecule has 3 rings (SSSR count). The smallest absolute Gasteiger partial charge is 0.289 e. The third kappa shape index (κ3) is 3.50. The molecule has 2 aromatic rings. The van der Waals surface area contributed by atoms with E-state index in [1.165, 1.54) is 0 Å². The number of furan rings is 1. The number of nitrogens with zero attached hydrogens (tertiary/aromatic N) is 1. The van der Waals surface area contributed by atoms with E-state index in [1.807, 2.05) is 33.8 Å². The molecule has 27 heavy (non-hydrogen) atoms. The lowest BCUT2D eigenvalue weighted by molar-refractivity contribution is 0.0762. The van der Waals surface area contributed by atoms with Gasteiger partial charge in [-0.3, -0.25) is 4.79 Å². The minimum absolute atomic E-state index is 0.140. The van der Waals surface area contributed by atoms with Crippen molar-refractivity contribution in [2.24, 2.45) is 0 Å². The van der Waals surface area contributed by atoms with Crippen LogP contribution in [0.5, 0.6) is 0 Å². The molecule has 0 unspecified atom stereocenters. The first-order valence-corrected chi connectivity index (χ1v) is 11.0. The van der Waals surface area contributed by atoms with Gasteiger partial charge < -0.3 is 9.32 Å². The lowest BCUT2D eigenvalue weighted by Gasteiger charge is -2.15. The highest BCUT2D eigenvalue weighted by Crippen LogP contribution is 2.35. The predicted molar refractivity (Wildman–Crippen MR) is 106 cm³/mol. The van der Waals surface area contributed by atoms with Gasteiger partial charge in [0.25, 0.3) is 5.91 Å². The minimum Gasteiger partial charge on any atom is -0.449 e. The molecule has 148 valence electrons. The zero-order valence-corrected chi connectivity index (χ0v) is 17.5. The van der Waals surface area contributed by atoms with Crippen LogP contribution in [0.15, 0.2) is 15.4 Å². The van der Waals surface area contributed by atoms with E-state index >= 15 is 0 Å². The maximum absolute atomic E-state index is 13.1. The summed E-state index contributed by atoms with van der Waals surface area (Å²) in [6.07, 6.45) is 2.66. The summed E-state index contributed by atoms with van der Waals surface area (Å²) >= 11 is 0. The second kappa shape index (κ2) is 7.28. The highest BCUT2D eigenvalue weighted by Gasteiger charge is 2.30. The number of hydrogen-bond donors (Lipinski definition) is 1. The molecule has 1 aromatic heterocycles. The first-order valence-electron chi connectivity index (χ1n) is 9.52. The van der Waals surface area contributed by atoms with Gasteiger partial charge >= 0.3 is 0 Å². The van der Waals surface area contributed by atoms with Crippen molar-refractivity contribution in [1.82, 2.24) is 9.62 Å². The van der Waals surface area contributed by atoms with Crippen molar-refractivity contribution >= 4 is 26.9 Å². The highest BCUT2D eigenvalue weighted by molar-refractivity contribution is 7.89. The third-order valence-corrected chi connectivity index (χ3v) is 7.26. The molecule has 7 heteroatoms. The van der Waals surface area contributed by atoms with E-state index in [-0.39, 0.29) is 28.2 Å². The van der Waals surface area contributed by atoms with Crippen molar-refractivity contribution < 1.29 is 17.6 Å². The molecule has 1 aliphatic rings. The van der Waals surface area contributed by atoms with E-state index in [1.54, 1.807) is 11.8 Å². The van der Waals surface area contributed by atoms with Crippen molar-refractivity contribution in [2.75, 3.05) is 13.1 Å². The number of fused-ring (bicyclic) bond motifs is 1. The van der Waals surface area contributed by atoms with Gasteiger partial charge in [-0.05, 0) is 64.2 Å². The minimum atomic E-state index is -3.77. The Morgan fingerprint density at radius 3 is 2.44 bits per heavy atom. The molecule has 6 nitrogen and oxygen atoms in total. The van der Waals surface area contributed by atoms with Gasteiger partial charge in [0.05, 0.1) is 0 Å². The summed E-state index contributed by atoms with van der Waals surface area (Å²) in [6, 6.07) is 1.72. The van der Waals surface area contributed by atoms with E-state index < -0.39 is 10.0 Å². The number of rotatable bonds is 5. The monoisotopic (exact) mass is 392 g/mol. The van der Waals surface area contributed by atoms with Crippen LogP contribution in [0.25, 0.3) is 11.0 Å². The normalized spacial score (nSPS) is 16.3. The second-order valence-corrected chi connectivity index (χ2v) is 9.16. The summed E-state index contributed by atoms with van der Waals surface area (Å²) < 4.78 is 34.8. The first-order chi connectivity index (χ1) is 12.7. The molecule has 2 heterocycles. The summed E-state index contributed by atoms with van der Waals surface area (Å²) in [7, 11) is -3.77. The zero-order valence-electron chi connectivity index (χ0n) is 16.7. The van der Waals surface area contributed by atoms with Gasteiger partial charge in [-0.15, -0.1) is 0 Å². The molecular weight excluding hydrogens is 364 g/mol. The molecule has 0 spiro atoms. The topological polar surface area (TPSA) is 79.6 Å². The summed E-state index contributed by atoms with van der Waals surface area (Å²) in [6.45, 7) is 10.7. The fourth-order valence-electron chi connectivity index (χ4n) is 3.54. The summed E-state index contributed by atoms with van der Waals surface area (Å²) in [4.78, 5) is 14.8. The maximum Gasteiger partial charge on any atom is 0.289 e. The summed E-state index contributed by atoms with van der Waals surface area (Å²) in [5, 5.41) is 0.685. The molecule has 0 aliphatic carbocycles. The Morgan fingerprint density at radius 1 is 1.22 bits per heavy atom. The third-order valence-electron chi connectivity index (χ3n) is 5.52.